The van der Waals surface area contributed by atoms with Gasteiger partial charge >= 0.3 is 0 Å². The number of nitrogens with one attached hydrogen (secondary N) is 1. The molecule has 0 saturated carbocycles. The van der Waals surface area contributed by atoms with E-state index in [0.717, 1.165) is 12.1 Å². The number of anilines is 1. The van der Waals surface area contributed by atoms with E-state index in [1.165, 1.54) is 6.07 Å². The summed E-state index contributed by atoms with van der Waals surface area (Å²) in [5.41, 5.74) is 0.915. The molecule has 1 aromatic carbocycles. The van der Waals surface area contributed by atoms with Gasteiger partial charge in [0.25, 0.3) is 0 Å². The van der Waals surface area contributed by atoms with E-state index in [1.807, 2.05) is 6.92 Å². The van der Waals surface area contributed by atoms with Crippen LogP contribution < -0.4 is 5.32 Å². The molecule has 22 heavy (non-hydrogen) atoms. The molecule has 5 nitrogen and oxygen atoms in total. The second kappa shape index (κ2) is 5.67. The SMILES string of the molecule is CCC(Nc1ccc2nnc(C)n2n1)c1cc(F)ccc1F. The van der Waals surface area contributed by atoms with Crippen molar-refractivity contribution in [2.75, 3.05) is 5.32 Å². The van der Waals surface area contributed by atoms with Crippen molar-refractivity contribution >= 4 is 11.5 Å². The van der Waals surface area contributed by atoms with Crippen molar-refractivity contribution in [2.24, 2.45) is 0 Å². The van der Waals surface area contributed by atoms with Crippen LogP contribution in [-0.4, -0.2) is 19.8 Å². The van der Waals surface area contributed by atoms with Crippen LogP contribution in [0.15, 0.2) is 30.3 Å². The number of rotatable bonds is 4. The molecule has 3 aromatic rings. The summed E-state index contributed by atoms with van der Waals surface area (Å²) in [4.78, 5) is 0. The predicted octanol–water partition coefficient (Wildman–Crippen LogP) is 3.27. The van der Waals surface area contributed by atoms with Crippen LogP contribution in [0, 0.1) is 18.6 Å². The molecule has 2 aromatic heterocycles. The Morgan fingerprint density at radius 1 is 1.18 bits per heavy atom. The van der Waals surface area contributed by atoms with Crippen molar-refractivity contribution < 1.29 is 8.78 Å². The summed E-state index contributed by atoms with van der Waals surface area (Å²) in [6.45, 7) is 3.69. The lowest BCUT2D eigenvalue weighted by Gasteiger charge is -2.18. The molecule has 0 amide bonds. The molecule has 1 N–H and O–H groups in total. The molecular formula is C15H15F2N5. The minimum Gasteiger partial charge on any atom is -0.362 e. The van der Waals surface area contributed by atoms with Crippen LogP contribution in [0.3, 0.4) is 0 Å². The highest BCUT2D eigenvalue weighted by atomic mass is 19.1. The van der Waals surface area contributed by atoms with E-state index in [-0.39, 0.29) is 11.6 Å². The number of benzene rings is 1. The number of aryl methyl sites for hydroxylation is 1. The first-order valence-electron chi connectivity index (χ1n) is 6.99. The van der Waals surface area contributed by atoms with Gasteiger partial charge in [-0.25, -0.2) is 8.78 Å². The van der Waals surface area contributed by atoms with Crippen LogP contribution in [0.2, 0.25) is 0 Å². The molecule has 0 bridgehead atoms. The Morgan fingerprint density at radius 2 is 2.00 bits per heavy atom. The summed E-state index contributed by atoms with van der Waals surface area (Å²) in [7, 11) is 0. The molecule has 0 radical (unpaired) electrons. The Labute approximate surface area is 126 Å². The van der Waals surface area contributed by atoms with Crippen LogP contribution in [0.25, 0.3) is 5.65 Å². The van der Waals surface area contributed by atoms with Gasteiger partial charge in [-0.1, -0.05) is 6.92 Å². The van der Waals surface area contributed by atoms with Gasteiger partial charge in [0.2, 0.25) is 0 Å². The summed E-state index contributed by atoms with van der Waals surface area (Å²) in [5, 5.41) is 15.4. The van der Waals surface area contributed by atoms with Crippen molar-refractivity contribution in [1.29, 1.82) is 0 Å². The van der Waals surface area contributed by atoms with Gasteiger partial charge in [-0.3, -0.25) is 0 Å². The van der Waals surface area contributed by atoms with Gasteiger partial charge < -0.3 is 5.32 Å². The van der Waals surface area contributed by atoms with Crippen molar-refractivity contribution in [3.8, 4) is 0 Å². The summed E-state index contributed by atoms with van der Waals surface area (Å²) in [5.74, 6) is 0.298. The Bertz CT molecular complexity index is 815. The van der Waals surface area contributed by atoms with E-state index in [2.05, 4.69) is 20.6 Å². The molecule has 0 aliphatic rings. The summed E-state index contributed by atoms with van der Waals surface area (Å²) in [6, 6.07) is 6.58. The van der Waals surface area contributed by atoms with E-state index < -0.39 is 11.6 Å². The largest absolute Gasteiger partial charge is 0.362 e. The van der Waals surface area contributed by atoms with E-state index in [9.17, 15) is 8.78 Å². The van der Waals surface area contributed by atoms with Gasteiger partial charge in [-0.2, -0.15) is 4.52 Å². The first-order valence-corrected chi connectivity index (χ1v) is 6.99. The van der Waals surface area contributed by atoms with Crippen molar-refractivity contribution in [3.63, 3.8) is 0 Å². The molecule has 2 heterocycles. The van der Waals surface area contributed by atoms with Gasteiger partial charge in [-0.05, 0) is 43.7 Å². The smallest absolute Gasteiger partial charge is 0.178 e. The van der Waals surface area contributed by atoms with Gasteiger partial charge in [-0.15, -0.1) is 15.3 Å². The summed E-state index contributed by atoms with van der Waals surface area (Å²) >= 11 is 0. The number of hydrogen-bond donors (Lipinski definition) is 1. The first kappa shape index (κ1) is 14.4. The second-order valence-corrected chi connectivity index (χ2v) is 5.01. The van der Waals surface area contributed by atoms with Crippen LogP contribution in [0.1, 0.15) is 30.8 Å². The molecule has 7 heteroatoms. The quantitative estimate of drug-likeness (QED) is 0.803. The highest BCUT2D eigenvalue weighted by Crippen LogP contribution is 2.24. The molecule has 0 aliphatic heterocycles. The average molecular weight is 303 g/mol. The van der Waals surface area contributed by atoms with Crippen LogP contribution in [0.4, 0.5) is 14.6 Å². The zero-order chi connectivity index (χ0) is 15.7. The maximum atomic E-state index is 13.9. The lowest BCUT2D eigenvalue weighted by atomic mass is 10.0. The molecule has 114 valence electrons. The van der Waals surface area contributed by atoms with Gasteiger partial charge in [0.1, 0.15) is 17.5 Å². The fraction of sp³-hybridized carbons (Fsp3) is 0.267. The van der Waals surface area contributed by atoms with E-state index in [1.54, 1.807) is 23.6 Å². The maximum Gasteiger partial charge on any atom is 0.178 e. The van der Waals surface area contributed by atoms with Crippen LogP contribution in [-0.2, 0) is 0 Å². The van der Waals surface area contributed by atoms with Crippen LogP contribution >= 0.6 is 0 Å². The number of fused-ring (bicyclic) bond motifs is 1. The highest BCUT2D eigenvalue weighted by Gasteiger charge is 2.16. The first-order chi connectivity index (χ1) is 10.6. The van der Waals surface area contributed by atoms with Crippen molar-refractivity contribution in [1.82, 2.24) is 19.8 Å². The molecule has 0 spiro atoms. The third-order valence-electron chi connectivity index (χ3n) is 3.48. The standard InChI is InChI=1S/C15H15F2N5/c1-3-13(11-8-10(16)4-5-12(11)17)18-14-6-7-15-20-19-9(2)22(15)21-14/h4-8,13H,3H2,1-2H3,(H,18,21). The molecule has 0 aliphatic carbocycles. The molecule has 0 saturated heterocycles. The molecular weight excluding hydrogens is 288 g/mol. The van der Waals surface area contributed by atoms with Gasteiger partial charge in [0.15, 0.2) is 11.5 Å². The second-order valence-electron chi connectivity index (χ2n) is 5.01. The third-order valence-corrected chi connectivity index (χ3v) is 3.48. The van der Waals surface area contributed by atoms with E-state index >= 15 is 0 Å². The summed E-state index contributed by atoms with van der Waals surface area (Å²) < 4.78 is 28.9. The lowest BCUT2D eigenvalue weighted by Crippen LogP contribution is -2.14. The highest BCUT2D eigenvalue weighted by molar-refractivity contribution is 5.45. The summed E-state index contributed by atoms with van der Waals surface area (Å²) in [6.07, 6.45) is 0.585. The normalized spacial score (nSPS) is 12.5. The molecule has 0 fully saturated rings. The molecule has 1 unspecified atom stereocenters. The number of halogens is 2. The fourth-order valence-electron chi connectivity index (χ4n) is 2.33. The minimum atomic E-state index is -0.463. The zero-order valence-corrected chi connectivity index (χ0v) is 12.2. The van der Waals surface area contributed by atoms with E-state index in [4.69, 9.17) is 0 Å². The average Bonchev–Trinajstić information content (AvgIpc) is 2.88. The maximum absolute atomic E-state index is 13.9. The van der Waals surface area contributed by atoms with Gasteiger partial charge in [0, 0.05) is 5.56 Å². The van der Waals surface area contributed by atoms with E-state index in [0.29, 0.717) is 23.7 Å². The minimum absolute atomic E-state index is 0.282. The number of aromatic nitrogens is 4. The predicted molar refractivity (Wildman–Crippen MR) is 78.5 cm³/mol. The molecule has 1 atom stereocenters. The Morgan fingerprint density at radius 3 is 2.77 bits per heavy atom. The Kier molecular flexibility index (Phi) is 3.70. The Balaban J connectivity index is 1.93. The van der Waals surface area contributed by atoms with Gasteiger partial charge in [0.05, 0.1) is 6.04 Å². The monoisotopic (exact) mass is 303 g/mol. The van der Waals surface area contributed by atoms with Crippen LogP contribution in [0.5, 0.6) is 0 Å². The third kappa shape index (κ3) is 2.61. The zero-order valence-electron chi connectivity index (χ0n) is 12.2. The lowest BCUT2D eigenvalue weighted by molar-refractivity contribution is 0.566. The fourth-order valence-corrected chi connectivity index (χ4v) is 2.33. The van der Waals surface area contributed by atoms with Crippen molar-refractivity contribution in [3.05, 3.63) is 53.4 Å². The topological polar surface area (TPSA) is 55.1 Å². The Hall–Kier alpha value is -2.57. The molecule has 3 rings (SSSR count). The number of hydrogen-bond acceptors (Lipinski definition) is 4. The number of nitrogens with zero attached hydrogens (tertiary/aromatic N) is 4. The van der Waals surface area contributed by atoms with Crippen molar-refractivity contribution in [2.45, 2.75) is 26.3 Å².